The summed E-state index contributed by atoms with van der Waals surface area (Å²) in [6, 6.07) is 9.13. The monoisotopic (exact) mass is 373 g/mol. The van der Waals surface area contributed by atoms with Crippen molar-refractivity contribution in [3.63, 3.8) is 0 Å². The SMILES string of the molecule is Cc1ccc2c(c1)c1c(n2CCc2ccc(C(F)(F)F)nc2)CCNCC1. The molecule has 0 saturated heterocycles. The first-order valence-electron chi connectivity index (χ1n) is 9.27. The second-order valence-corrected chi connectivity index (χ2v) is 7.15. The molecule has 0 aliphatic carbocycles. The number of aromatic nitrogens is 2. The molecule has 2 aromatic heterocycles. The number of nitrogens with one attached hydrogen (secondary N) is 1. The van der Waals surface area contributed by atoms with E-state index in [1.807, 2.05) is 0 Å². The number of nitrogens with zero attached hydrogens (tertiary/aromatic N) is 2. The topological polar surface area (TPSA) is 29.9 Å². The van der Waals surface area contributed by atoms with Crippen molar-refractivity contribution in [3.05, 3.63) is 64.6 Å². The summed E-state index contributed by atoms with van der Waals surface area (Å²) in [5.74, 6) is 0. The van der Waals surface area contributed by atoms with Crippen LogP contribution >= 0.6 is 0 Å². The molecule has 1 aromatic carbocycles. The highest BCUT2D eigenvalue weighted by Crippen LogP contribution is 2.30. The average Bonchev–Trinajstić information content (AvgIpc) is 2.78. The van der Waals surface area contributed by atoms with Gasteiger partial charge in [0.25, 0.3) is 0 Å². The Labute approximate surface area is 156 Å². The molecule has 142 valence electrons. The van der Waals surface area contributed by atoms with E-state index in [1.165, 1.54) is 40.0 Å². The molecule has 3 nitrogen and oxygen atoms in total. The Morgan fingerprint density at radius 2 is 1.93 bits per heavy atom. The second kappa shape index (κ2) is 7.00. The van der Waals surface area contributed by atoms with Crippen LogP contribution in [0.25, 0.3) is 10.9 Å². The minimum absolute atomic E-state index is 0.655. The molecule has 27 heavy (non-hydrogen) atoms. The minimum Gasteiger partial charge on any atom is -0.344 e. The van der Waals surface area contributed by atoms with Crippen LogP contribution in [0.15, 0.2) is 36.5 Å². The molecule has 6 heteroatoms. The first kappa shape index (κ1) is 18.0. The van der Waals surface area contributed by atoms with Gasteiger partial charge in [-0.15, -0.1) is 0 Å². The largest absolute Gasteiger partial charge is 0.433 e. The summed E-state index contributed by atoms with van der Waals surface area (Å²) < 4.78 is 40.4. The van der Waals surface area contributed by atoms with Crippen LogP contribution in [0.3, 0.4) is 0 Å². The lowest BCUT2D eigenvalue weighted by Crippen LogP contribution is -2.17. The van der Waals surface area contributed by atoms with E-state index >= 15 is 0 Å². The number of pyridine rings is 1. The van der Waals surface area contributed by atoms with Crippen LogP contribution in [0.4, 0.5) is 13.2 Å². The van der Waals surface area contributed by atoms with E-state index in [4.69, 9.17) is 0 Å². The molecule has 0 saturated carbocycles. The van der Waals surface area contributed by atoms with Gasteiger partial charge < -0.3 is 9.88 Å². The number of hydrogen-bond donors (Lipinski definition) is 1. The lowest BCUT2D eigenvalue weighted by molar-refractivity contribution is -0.141. The number of alkyl halides is 3. The van der Waals surface area contributed by atoms with Gasteiger partial charge in [0.05, 0.1) is 0 Å². The third kappa shape index (κ3) is 3.58. The van der Waals surface area contributed by atoms with Crippen LogP contribution in [0, 0.1) is 6.92 Å². The van der Waals surface area contributed by atoms with Crippen LogP contribution < -0.4 is 5.32 Å². The van der Waals surface area contributed by atoms with E-state index in [2.05, 4.69) is 40.0 Å². The molecule has 3 heterocycles. The third-order valence-corrected chi connectivity index (χ3v) is 5.27. The summed E-state index contributed by atoms with van der Waals surface area (Å²) in [5, 5.41) is 4.76. The van der Waals surface area contributed by atoms with Gasteiger partial charge in [0, 0.05) is 42.3 Å². The smallest absolute Gasteiger partial charge is 0.344 e. The number of halogens is 3. The summed E-state index contributed by atoms with van der Waals surface area (Å²) >= 11 is 0. The lowest BCUT2D eigenvalue weighted by atomic mass is 10.1. The average molecular weight is 373 g/mol. The van der Waals surface area contributed by atoms with Crippen LogP contribution in [0.2, 0.25) is 0 Å². The molecular weight excluding hydrogens is 351 g/mol. The molecule has 0 spiro atoms. The number of hydrogen-bond acceptors (Lipinski definition) is 2. The summed E-state index contributed by atoms with van der Waals surface area (Å²) in [6.45, 7) is 4.76. The molecule has 3 aromatic rings. The Bertz CT molecular complexity index is 955. The maximum atomic E-state index is 12.7. The molecule has 0 bridgehead atoms. The number of fused-ring (bicyclic) bond motifs is 3. The molecule has 4 rings (SSSR count). The van der Waals surface area contributed by atoms with Crippen LogP contribution in [0.5, 0.6) is 0 Å². The van der Waals surface area contributed by atoms with Gasteiger partial charge in [-0.25, -0.2) is 0 Å². The Morgan fingerprint density at radius 1 is 1.11 bits per heavy atom. The van der Waals surface area contributed by atoms with Crippen LogP contribution in [0.1, 0.15) is 28.1 Å². The maximum absolute atomic E-state index is 12.7. The van der Waals surface area contributed by atoms with Crippen molar-refractivity contribution in [1.82, 2.24) is 14.9 Å². The highest BCUT2D eigenvalue weighted by molar-refractivity contribution is 5.86. The van der Waals surface area contributed by atoms with Gasteiger partial charge in [0.2, 0.25) is 0 Å². The highest BCUT2D eigenvalue weighted by atomic mass is 19.4. The van der Waals surface area contributed by atoms with E-state index in [1.54, 1.807) is 0 Å². The summed E-state index contributed by atoms with van der Waals surface area (Å²) in [7, 11) is 0. The quantitative estimate of drug-likeness (QED) is 0.742. The van der Waals surface area contributed by atoms with E-state index in [0.29, 0.717) is 6.42 Å². The first-order valence-corrected chi connectivity index (χ1v) is 9.27. The second-order valence-electron chi connectivity index (χ2n) is 7.15. The fourth-order valence-electron chi connectivity index (χ4n) is 3.94. The van der Waals surface area contributed by atoms with Crippen molar-refractivity contribution in [2.45, 2.75) is 38.9 Å². The predicted octanol–water partition coefficient (Wildman–Crippen LogP) is 4.29. The van der Waals surface area contributed by atoms with Crippen LogP contribution in [-0.4, -0.2) is 22.6 Å². The van der Waals surface area contributed by atoms with Gasteiger partial charge >= 0.3 is 6.18 Å². The summed E-state index contributed by atoms with van der Waals surface area (Å²) in [4.78, 5) is 3.58. The fraction of sp³-hybridized carbons (Fsp3) is 0.381. The lowest BCUT2D eigenvalue weighted by Gasteiger charge is -2.12. The van der Waals surface area contributed by atoms with E-state index in [9.17, 15) is 13.2 Å². The standard InChI is InChI=1S/C21H22F3N3/c1-14-2-4-18-17(12-14)16-6-9-25-10-7-19(16)27(18)11-8-15-3-5-20(26-13-15)21(22,23)24/h2-5,12-13,25H,6-11H2,1H3. The fourth-order valence-corrected chi connectivity index (χ4v) is 3.94. The maximum Gasteiger partial charge on any atom is 0.433 e. The molecule has 1 aliphatic heterocycles. The van der Waals surface area contributed by atoms with Gasteiger partial charge in [-0.2, -0.15) is 13.2 Å². The zero-order chi connectivity index (χ0) is 19.0. The van der Waals surface area contributed by atoms with Gasteiger partial charge in [-0.1, -0.05) is 17.7 Å². The highest BCUT2D eigenvalue weighted by Gasteiger charge is 2.32. The Morgan fingerprint density at radius 3 is 2.67 bits per heavy atom. The number of rotatable bonds is 3. The van der Waals surface area contributed by atoms with E-state index < -0.39 is 11.9 Å². The van der Waals surface area contributed by atoms with E-state index in [-0.39, 0.29) is 0 Å². The van der Waals surface area contributed by atoms with Crippen molar-refractivity contribution < 1.29 is 13.2 Å². The zero-order valence-electron chi connectivity index (χ0n) is 15.2. The van der Waals surface area contributed by atoms with Crippen LogP contribution in [-0.2, 0) is 32.0 Å². The Kier molecular flexibility index (Phi) is 4.68. The predicted molar refractivity (Wildman–Crippen MR) is 99.9 cm³/mol. The molecule has 1 N–H and O–H groups in total. The normalized spacial score (nSPS) is 15.0. The number of benzene rings is 1. The van der Waals surface area contributed by atoms with Crippen molar-refractivity contribution >= 4 is 10.9 Å². The van der Waals surface area contributed by atoms with Crippen molar-refractivity contribution in [2.75, 3.05) is 13.1 Å². The van der Waals surface area contributed by atoms with Gasteiger partial charge in [-0.05, 0) is 55.6 Å². The van der Waals surface area contributed by atoms with Crippen molar-refractivity contribution in [3.8, 4) is 0 Å². The van der Waals surface area contributed by atoms with E-state index in [0.717, 1.165) is 44.1 Å². The molecule has 0 unspecified atom stereocenters. The molecular formula is C21H22F3N3. The molecule has 0 fully saturated rings. The molecule has 0 radical (unpaired) electrons. The molecule has 0 atom stereocenters. The summed E-state index contributed by atoms with van der Waals surface area (Å²) in [6.07, 6.45) is -0.419. The molecule has 1 aliphatic rings. The van der Waals surface area contributed by atoms with Gasteiger partial charge in [-0.3, -0.25) is 4.98 Å². The van der Waals surface area contributed by atoms with Crippen molar-refractivity contribution in [2.24, 2.45) is 0 Å². The Balaban J connectivity index is 1.65. The van der Waals surface area contributed by atoms with Gasteiger partial charge in [0.15, 0.2) is 0 Å². The molecule has 0 amide bonds. The Hall–Kier alpha value is -2.34. The van der Waals surface area contributed by atoms with Crippen molar-refractivity contribution in [1.29, 1.82) is 0 Å². The summed E-state index contributed by atoms with van der Waals surface area (Å²) in [5.41, 5.74) is 5.19. The first-order chi connectivity index (χ1) is 12.9. The van der Waals surface area contributed by atoms with Gasteiger partial charge in [0.1, 0.15) is 5.69 Å². The zero-order valence-corrected chi connectivity index (χ0v) is 15.2. The third-order valence-electron chi connectivity index (χ3n) is 5.27. The number of aryl methyl sites for hydroxylation is 3. The minimum atomic E-state index is -4.39.